The summed E-state index contributed by atoms with van der Waals surface area (Å²) in [4.78, 5) is 12.4. The van der Waals surface area contributed by atoms with Crippen molar-refractivity contribution < 1.29 is 22.7 Å². The molecule has 1 aromatic heterocycles. The Bertz CT molecular complexity index is 883. The number of halogens is 3. The molecule has 0 saturated carbocycles. The van der Waals surface area contributed by atoms with Crippen molar-refractivity contribution in [3.8, 4) is 11.4 Å². The van der Waals surface area contributed by atoms with Gasteiger partial charge in [-0.3, -0.25) is 4.79 Å². The molecule has 7 nitrogen and oxygen atoms in total. The van der Waals surface area contributed by atoms with Crippen LogP contribution in [0.15, 0.2) is 41.1 Å². The maximum atomic E-state index is 12.4. The lowest BCUT2D eigenvalue weighted by Crippen LogP contribution is -2.32. The summed E-state index contributed by atoms with van der Waals surface area (Å²) in [6.07, 6.45) is 3.01. The first-order valence-electron chi connectivity index (χ1n) is 9.58. The number of amides is 1. The summed E-state index contributed by atoms with van der Waals surface area (Å²) in [6, 6.07) is 5.17. The van der Waals surface area contributed by atoms with E-state index in [-0.39, 0.29) is 11.7 Å². The molecule has 1 aromatic carbocycles. The van der Waals surface area contributed by atoms with Gasteiger partial charge < -0.3 is 10.1 Å². The van der Waals surface area contributed by atoms with Gasteiger partial charge >= 0.3 is 6.36 Å². The first-order chi connectivity index (χ1) is 14.3. The molecule has 162 valence electrons. The van der Waals surface area contributed by atoms with Gasteiger partial charge in [0.15, 0.2) is 0 Å². The van der Waals surface area contributed by atoms with Crippen LogP contribution in [0.5, 0.6) is 5.75 Å². The van der Waals surface area contributed by atoms with E-state index in [2.05, 4.69) is 31.7 Å². The summed E-state index contributed by atoms with van der Waals surface area (Å²) < 4.78 is 42.1. The molecular weight excluding hydrogens is 419 g/mol. The van der Waals surface area contributed by atoms with Gasteiger partial charge in [0.05, 0.1) is 10.9 Å². The van der Waals surface area contributed by atoms with Gasteiger partial charge in [0.1, 0.15) is 5.75 Å². The Kier molecular flexibility index (Phi) is 7.35. The average Bonchev–Trinajstić information content (AvgIpc) is 3.16. The normalized spacial score (nSPS) is 15.4. The molecule has 0 saturated heterocycles. The van der Waals surface area contributed by atoms with Crippen molar-refractivity contribution in [3.05, 3.63) is 35.9 Å². The van der Waals surface area contributed by atoms with Crippen LogP contribution >= 0.6 is 11.8 Å². The van der Waals surface area contributed by atoms with Gasteiger partial charge in [-0.25, -0.2) is 0 Å². The van der Waals surface area contributed by atoms with Crippen LogP contribution in [0, 0.1) is 0 Å². The van der Waals surface area contributed by atoms with Crippen molar-refractivity contribution in [3.63, 3.8) is 0 Å². The minimum absolute atomic E-state index is 0.125. The number of ether oxygens (including phenoxy) is 1. The predicted molar refractivity (Wildman–Crippen MR) is 105 cm³/mol. The van der Waals surface area contributed by atoms with E-state index < -0.39 is 11.6 Å². The largest absolute Gasteiger partial charge is 0.573 e. The number of hydrogen-bond acceptors (Lipinski definition) is 6. The molecule has 2 aromatic rings. The molecule has 1 amide bonds. The Labute approximate surface area is 176 Å². The van der Waals surface area contributed by atoms with Crippen LogP contribution in [0.4, 0.5) is 13.2 Å². The zero-order valence-electron chi connectivity index (χ0n) is 16.4. The summed E-state index contributed by atoms with van der Waals surface area (Å²) in [5, 5.41) is 14.2. The topological polar surface area (TPSA) is 81.9 Å². The Morgan fingerprint density at radius 2 is 2.07 bits per heavy atom. The van der Waals surface area contributed by atoms with Gasteiger partial charge in [0.2, 0.25) is 11.1 Å². The van der Waals surface area contributed by atoms with E-state index in [0.717, 1.165) is 19.3 Å². The fraction of sp³-hybridized carbons (Fsp3) is 0.474. The van der Waals surface area contributed by atoms with Crippen LogP contribution in [-0.2, 0) is 4.79 Å². The van der Waals surface area contributed by atoms with Gasteiger partial charge in [-0.05, 0) is 73.7 Å². The zero-order chi connectivity index (χ0) is 21.6. The number of benzene rings is 1. The molecular formula is C19H22F3N5O2S. The first kappa shape index (κ1) is 22.1. The molecule has 1 heterocycles. The van der Waals surface area contributed by atoms with E-state index in [1.807, 2.05) is 0 Å². The lowest BCUT2D eigenvalue weighted by Gasteiger charge is -2.15. The third-order valence-corrected chi connectivity index (χ3v) is 5.57. The van der Waals surface area contributed by atoms with E-state index in [9.17, 15) is 18.0 Å². The fourth-order valence-corrected chi connectivity index (χ4v) is 3.87. The Hall–Kier alpha value is -2.56. The second kappa shape index (κ2) is 9.96. The lowest BCUT2D eigenvalue weighted by atomic mass is 9.97. The van der Waals surface area contributed by atoms with Crippen LogP contribution in [0.1, 0.15) is 39.0 Å². The quantitative estimate of drug-likeness (QED) is 0.492. The summed E-state index contributed by atoms with van der Waals surface area (Å²) in [7, 11) is 0. The number of nitrogens with one attached hydrogen (secondary N) is 1. The molecule has 1 atom stereocenters. The molecule has 0 unspecified atom stereocenters. The molecule has 0 radical (unpaired) electrons. The number of carbonyl (C=O) groups is 1. The summed E-state index contributed by atoms with van der Waals surface area (Å²) >= 11 is 1.17. The van der Waals surface area contributed by atoms with Crippen molar-refractivity contribution in [2.45, 2.75) is 55.8 Å². The van der Waals surface area contributed by atoms with Crippen molar-refractivity contribution in [2.75, 3.05) is 6.54 Å². The van der Waals surface area contributed by atoms with Crippen molar-refractivity contribution >= 4 is 17.7 Å². The average molecular weight is 441 g/mol. The maximum Gasteiger partial charge on any atom is 0.573 e. The second-order valence-electron chi connectivity index (χ2n) is 6.82. The minimum atomic E-state index is -4.76. The van der Waals surface area contributed by atoms with Gasteiger partial charge in [-0.1, -0.05) is 23.4 Å². The van der Waals surface area contributed by atoms with Crippen LogP contribution in [-0.4, -0.2) is 44.3 Å². The number of nitrogens with zero attached hydrogens (tertiary/aromatic N) is 4. The van der Waals surface area contributed by atoms with Crippen molar-refractivity contribution in [1.29, 1.82) is 0 Å². The third-order valence-electron chi connectivity index (χ3n) is 4.54. The van der Waals surface area contributed by atoms with E-state index in [0.29, 0.717) is 17.4 Å². The number of rotatable bonds is 8. The number of thioether (sulfide) groups is 1. The standard InChI is InChI=1S/C19H22F3N5O2S/c1-13(17(28)23-12-11-14-5-3-2-4-6-14)30-18-24-25-26-27(18)15-7-9-16(10-8-15)29-19(20,21)22/h5,7-10,13H,2-4,6,11-12H2,1H3,(H,23,28)/t13-/m0/s1. The number of allylic oxidation sites excluding steroid dienone is 1. The number of aromatic nitrogens is 4. The van der Waals surface area contributed by atoms with Gasteiger partial charge in [-0.2, -0.15) is 4.68 Å². The number of alkyl halides is 3. The summed E-state index contributed by atoms with van der Waals surface area (Å²) in [5.74, 6) is -0.464. The highest BCUT2D eigenvalue weighted by Crippen LogP contribution is 2.26. The summed E-state index contributed by atoms with van der Waals surface area (Å²) in [6.45, 7) is 2.33. The highest BCUT2D eigenvalue weighted by atomic mass is 32.2. The maximum absolute atomic E-state index is 12.4. The van der Waals surface area contributed by atoms with Crippen molar-refractivity contribution in [2.24, 2.45) is 0 Å². The zero-order valence-corrected chi connectivity index (χ0v) is 17.2. The van der Waals surface area contributed by atoms with Crippen LogP contribution in [0.2, 0.25) is 0 Å². The van der Waals surface area contributed by atoms with Gasteiger partial charge in [0, 0.05) is 6.54 Å². The van der Waals surface area contributed by atoms with Crippen LogP contribution in [0.25, 0.3) is 5.69 Å². The lowest BCUT2D eigenvalue weighted by molar-refractivity contribution is -0.274. The minimum Gasteiger partial charge on any atom is -0.406 e. The van der Waals surface area contributed by atoms with Crippen LogP contribution in [0.3, 0.4) is 0 Å². The van der Waals surface area contributed by atoms with E-state index in [1.165, 1.54) is 59.1 Å². The predicted octanol–water partition coefficient (Wildman–Crippen LogP) is 4.05. The second-order valence-corrected chi connectivity index (χ2v) is 8.13. The number of carbonyl (C=O) groups excluding carboxylic acids is 1. The monoisotopic (exact) mass is 441 g/mol. The summed E-state index contributed by atoms with van der Waals surface area (Å²) in [5.41, 5.74) is 1.85. The van der Waals surface area contributed by atoms with Crippen molar-refractivity contribution in [1.82, 2.24) is 25.5 Å². The Balaban J connectivity index is 1.55. The number of tetrazole rings is 1. The van der Waals surface area contributed by atoms with Gasteiger partial charge in [-0.15, -0.1) is 18.3 Å². The van der Waals surface area contributed by atoms with Gasteiger partial charge in [0.25, 0.3) is 0 Å². The highest BCUT2D eigenvalue weighted by molar-refractivity contribution is 8.00. The first-order valence-corrected chi connectivity index (χ1v) is 10.5. The van der Waals surface area contributed by atoms with E-state index in [4.69, 9.17) is 0 Å². The van der Waals surface area contributed by atoms with E-state index in [1.54, 1.807) is 6.92 Å². The SMILES string of the molecule is C[C@H](Sc1nnnn1-c1ccc(OC(F)(F)F)cc1)C(=O)NCCC1=CCCCC1. The fourth-order valence-electron chi connectivity index (χ4n) is 3.04. The molecule has 11 heteroatoms. The highest BCUT2D eigenvalue weighted by Gasteiger charge is 2.31. The smallest absolute Gasteiger partial charge is 0.406 e. The van der Waals surface area contributed by atoms with Crippen LogP contribution < -0.4 is 10.1 Å². The molecule has 0 spiro atoms. The Morgan fingerprint density at radius 1 is 1.30 bits per heavy atom. The molecule has 30 heavy (non-hydrogen) atoms. The van der Waals surface area contributed by atoms with E-state index >= 15 is 0 Å². The molecule has 1 aliphatic rings. The molecule has 1 N–H and O–H groups in total. The third kappa shape index (κ3) is 6.48. The molecule has 0 aliphatic heterocycles. The molecule has 0 fully saturated rings. The molecule has 1 aliphatic carbocycles. The molecule has 0 bridgehead atoms. The Morgan fingerprint density at radius 3 is 2.73 bits per heavy atom. The molecule has 3 rings (SSSR count). The number of hydrogen-bond donors (Lipinski definition) is 1.